The summed E-state index contributed by atoms with van der Waals surface area (Å²) in [5.41, 5.74) is 0. The van der Waals surface area contributed by atoms with Crippen molar-refractivity contribution in [2.75, 3.05) is 0 Å². The maximum absolute atomic E-state index is 0. The largest absolute Gasteiger partial charge is 4.00 e. The molecule has 0 radical (unpaired) electrons. The zero-order valence-electron chi connectivity index (χ0n) is 4.29. The first kappa shape index (κ1) is 73700. The smallest absolute Gasteiger partial charge is 0.870 e. The number of hydrogen-bond donors (Lipinski definition) is 0. The Kier molecular flexibility index (Phi) is 384000000. The number of rotatable bonds is 0. The van der Waals surface area contributed by atoms with E-state index in [1.54, 1.807) is 0 Å². The molecule has 0 aliphatic heterocycles. The van der Waals surface area contributed by atoms with Gasteiger partial charge in [0.25, 0.3) is 0 Å². The third kappa shape index (κ3) is 35300. The van der Waals surface area contributed by atoms with E-state index in [2.05, 4.69) is 0 Å². The van der Waals surface area contributed by atoms with Gasteiger partial charge in [0.2, 0.25) is 0 Å². The van der Waals surface area contributed by atoms with Crippen molar-refractivity contribution in [3.8, 4) is 0 Å². The van der Waals surface area contributed by atoms with E-state index < -0.39 is 0 Å². The summed E-state index contributed by atoms with van der Waals surface area (Å²) >= 11 is 0. The summed E-state index contributed by atoms with van der Waals surface area (Å²) in [6.45, 7) is 0. The first-order valence-electron chi connectivity index (χ1n) is 0. The molecule has 0 fully saturated rings. The van der Waals surface area contributed by atoms with Gasteiger partial charge in [-0.2, -0.15) is 0 Å². The fourth-order valence-electron chi connectivity index (χ4n) is 0. The third-order valence-electron chi connectivity index (χ3n) is 0. The van der Waals surface area contributed by atoms with Gasteiger partial charge < -0.3 is 43.8 Å². The van der Waals surface area contributed by atoms with Crippen molar-refractivity contribution in [3.63, 3.8) is 0 Å². The van der Waals surface area contributed by atoms with Crippen molar-refractivity contribution in [2.24, 2.45) is 0 Å². The molecule has 0 unspecified atom stereocenters. The maximum Gasteiger partial charge on any atom is 4.00 e. The molecule has 0 aromatic rings. The molecule has 0 spiro atoms. The third-order valence-corrected chi connectivity index (χ3v) is 0. The van der Waals surface area contributed by atoms with Gasteiger partial charge in [-0.1, -0.05) is 0 Å². The van der Waals surface area contributed by atoms with Crippen LogP contribution in [0.2, 0.25) is 0 Å². The average Bonchev–Trinajstić information content (AvgIpc) is 0. The molecule has 0 aromatic heterocycles. The molecule has 0 amide bonds. The van der Waals surface area contributed by atoms with Crippen molar-refractivity contribution >= 4 is 11.0 Å². The second-order valence-corrected chi connectivity index (χ2v) is 0. The Labute approximate surface area is 63.4 Å². The van der Waals surface area contributed by atoms with Crippen LogP contribution in [-0.2, 0) is 0 Å². The van der Waals surface area contributed by atoms with E-state index in [1.165, 1.54) is 0 Å². The molecule has 0 heterocycles. The Morgan fingerprint density at radius 1 is 0.400 bits per heavy atom. The molecule has 0 saturated heterocycles. The number of hydrogen-bond acceptors (Lipinski definition) is 4. The van der Waals surface area contributed by atoms with Crippen LogP contribution in [0.15, 0.2) is 0 Å². The van der Waals surface area contributed by atoms with E-state index in [-0.39, 0.29) is 62.2 Å². The van der Waals surface area contributed by atoms with E-state index in [0.29, 0.717) is 0 Å². The van der Waals surface area contributed by atoms with Crippen LogP contribution >= 0.6 is 0 Å². The molecule has 0 aromatic carbocycles. The van der Waals surface area contributed by atoms with Crippen LogP contribution in [0.1, 0.15) is 0 Å². The molecular weight excluding hydrogens is 168 g/mol. The minimum atomic E-state index is 0. The molecule has 72 valence electrons. The van der Waals surface area contributed by atoms with Crippen LogP contribution in [0.4, 0.5) is 0 Å². The van der Waals surface area contributed by atoms with Crippen LogP contribution in [-0.4, -0.2) is 54.8 Å². The minimum absolute atomic E-state index is 0. The summed E-state index contributed by atoms with van der Waals surface area (Å²) in [7, 11) is 0. The Bertz CT molecular complexity index is 9.22. The molecule has 0 rings (SSSR count). The van der Waals surface area contributed by atoms with E-state index in [1.807, 2.05) is 0 Å². The van der Waals surface area contributed by atoms with Gasteiger partial charge in [0.1, 0.15) is 0 Å². The fourth-order valence-corrected chi connectivity index (χ4v) is 0. The maximum atomic E-state index is 0. The van der Waals surface area contributed by atoms with Gasteiger partial charge >= 0.3 is 7.43 Å². The molecule has 0 atom stereocenters. The van der Waals surface area contributed by atoms with Gasteiger partial charge in [0.05, 0.1) is 0 Å². The van der Waals surface area contributed by atoms with Crippen LogP contribution < -0.4 is 0 Å². The summed E-state index contributed by atoms with van der Waals surface area (Å²) in [5.74, 6) is 0. The molecule has 12 N–H and O–H groups in total. The molecule has 0 saturated carbocycles. The van der Waals surface area contributed by atoms with Crippen molar-refractivity contribution in [1.82, 2.24) is 0 Å². The molecular formula is CH16O8Si. The first-order chi connectivity index (χ1) is 0. The summed E-state index contributed by atoms with van der Waals surface area (Å²) in [6, 6.07) is 0. The van der Waals surface area contributed by atoms with Gasteiger partial charge in [0.15, 0.2) is 0 Å². The second kappa shape index (κ2) is 52200. The van der Waals surface area contributed by atoms with Crippen molar-refractivity contribution in [1.29, 1.82) is 0 Å². The van der Waals surface area contributed by atoms with E-state index in [9.17, 15) is 0 Å². The Morgan fingerprint density at radius 2 is 0.400 bits per heavy atom. The topological polar surface area (TPSA) is 246 Å². The van der Waals surface area contributed by atoms with Gasteiger partial charge in [-0.05, 0) is 11.0 Å². The SMILES string of the molecule is O.O.O.O.[C+4].[OH-].[OH-].[OH-].[OH-].[SiH4]. The van der Waals surface area contributed by atoms with Crippen LogP contribution in [0, 0.1) is 7.43 Å². The van der Waals surface area contributed by atoms with Gasteiger partial charge in [0, 0.05) is 0 Å². The van der Waals surface area contributed by atoms with Crippen molar-refractivity contribution < 1.29 is 43.8 Å². The predicted molar refractivity (Wildman–Crippen MR) is 36.8 cm³/mol. The van der Waals surface area contributed by atoms with Gasteiger partial charge in [-0.25, -0.2) is 0 Å². The standard InChI is InChI=1S/C.8H2O.H4Si/h;8*1H2;1H4/q+4;;;;;;;;;/p-4. The normalized spacial score (nSPS) is 0. The molecule has 0 aliphatic carbocycles. The monoisotopic (exact) mass is 184 g/mol. The molecule has 0 aliphatic rings. The van der Waals surface area contributed by atoms with Gasteiger partial charge in [-0.15, -0.1) is 0 Å². The molecule has 0 bridgehead atoms. The average molecular weight is 184 g/mol. The minimum Gasteiger partial charge on any atom is -0.870 e. The zero-order chi connectivity index (χ0) is 0. The van der Waals surface area contributed by atoms with Crippen molar-refractivity contribution in [3.05, 3.63) is 7.43 Å². The molecule has 8 nitrogen and oxygen atoms in total. The summed E-state index contributed by atoms with van der Waals surface area (Å²) in [4.78, 5) is 0. The molecule has 9 heteroatoms. The quantitative estimate of drug-likeness (QED) is 0.334. The summed E-state index contributed by atoms with van der Waals surface area (Å²) in [5, 5.41) is 0. The predicted octanol–water partition coefficient (Wildman–Crippen LogP) is -5.38. The van der Waals surface area contributed by atoms with E-state index in [4.69, 9.17) is 0 Å². The Balaban J connectivity index is 0. The van der Waals surface area contributed by atoms with Crippen molar-refractivity contribution in [2.45, 2.75) is 0 Å². The fraction of sp³-hybridized carbons (Fsp3) is 0. The van der Waals surface area contributed by atoms with Crippen LogP contribution in [0.5, 0.6) is 0 Å². The first-order valence-corrected chi connectivity index (χ1v) is 0. The second-order valence-electron chi connectivity index (χ2n) is 0. The molecule has 10 heavy (non-hydrogen) atoms. The Morgan fingerprint density at radius 3 is 0.400 bits per heavy atom. The van der Waals surface area contributed by atoms with E-state index >= 15 is 0 Å². The summed E-state index contributed by atoms with van der Waals surface area (Å²) in [6.07, 6.45) is 0. The van der Waals surface area contributed by atoms with Crippen LogP contribution in [0.25, 0.3) is 0 Å². The zero-order valence-corrected chi connectivity index (χ0v) is 4.29. The summed E-state index contributed by atoms with van der Waals surface area (Å²) < 4.78 is 0. The van der Waals surface area contributed by atoms with E-state index in [0.717, 1.165) is 0 Å². The van der Waals surface area contributed by atoms with Gasteiger partial charge in [-0.3, -0.25) is 0 Å². The Hall–Kier alpha value is -0.103. The van der Waals surface area contributed by atoms with Crippen LogP contribution in [0.3, 0.4) is 0 Å².